The molecule has 2 N–H and O–H groups in total. The maximum atomic E-state index is 13.6. The van der Waals surface area contributed by atoms with Gasteiger partial charge in [-0.15, -0.1) is 0 Å². The van der Waals surface area contributed by atoms with E-state index in [1.807, 2.05) is 31.2 Å². The highest BCUT2D eigenvalue weighted by molar-refractivity contribution is 5.99. The lowest BCUT2D eigenvalue weighted by Gasteiger charge is -2.49. The van der Waals surface area contributed by atoms with Gasteiger partial charge in [-0.1, -0.05) is 36.4 Å². The van der Waals surface area contributed by atoms with Crippen molar-refractivity contribution in [1.29, 1.82) is 0 Å². The number of carbonyl (C=O) groups excluding carboxylic acids is 1. The lowest BCUT2D eigenvalue weighted by molar-refractivity contribution is 0.0541. The molecule has 3 heterocycles. The predicted octanol–water partition coefficient (Wildman–Crippen LogP) is 3.86. The van der Waals surface area contributed by atoms with Gasteiger partial charge < -0.3 is 15.4 Å². The molecule has 5 nitrogen and oxygen atoms in total. The molecule has 5 heteroatoms. The Bertz CT molecular complexity index is 945. The number of hydrogen-bond acceptors (Lipinski definition) is 4. The van der Waals surface area contributed by atoms with Gasteiger partial charge >= 0.3 is 0 Å². The third-order valence-corrected chi connectivity index (χ3v) is 7.51. The molecule has 1 unspecified atom stereocenters. The van der Waals surface area contributed by atoms with Crippen LogP contribution in [0.15, 0.2) is 42.5 Å². The molecule has 3 aliphatic rings. The van der Waals surface area contributed by atoms with Gasteiger partial charge in [0.25, 0.3) is 5.91 Å². The number of hydrogen-bond donors (Lipinski definition) is 2. The van der Waals surface area contributed by atoms with Crippen LogP contribution >= 0.6 is 0 Å². The summed E-state index contributed by atoms with van der Waals surface area (Å²) in [6.07, 6.45) is 4.65. The Hall–Kier alpha value is -2.37. The van der Waals surface area contributed by atoms with E-state index in [1.165, 1.54) is 24.0 Å². The molecule has 4 atom stereocenters. The van der Waals surface area contributed by atoms with Gasteiger partial charge in [-0.3, -0.25) is 9.69 Å². The van der Waals surface area contributed by atoms with Gasteiger partial charge in [-0.2, -0.15) is 0 Å². The summed E-state index contributed by atoms with van der Waals surface area (Å²) in [5.41, 5.74) is 4.32. The van der Waals surface area contributed by atoms with Crippen molar-refractivity contribution in [1.82, 2.24) is 15.5 Å². The zero-order valence-electron chi connectivity index (χ0n) is 18.6. The first-order chi connectivity index (χ1) is 15.2. The molecule has 5 rings (SSSR count). The Labute approximate surface area is 185 Å². The van der Waals surface area contributed by atoms with E-state index in [0.717, 1.165) is 49.5 Å². The first-order valence-corrected chi connectivity index (χ1v) is 11.7. The summed E-state index contributed by atoms with van der Waals surface area (Å²) in [6, 6.07) is 15.0. The summed E-state index contributed by atoms with van der Waals surface area (Å²) in [4.78, 5) is 16.2. The number of nitrogens with one attached hydrogen (secondary N) is 2. The van der Waals surface area contributed by atoms with E-state index >= 15 is 0 Å². The second kappa shape index (κ2) is 8.64. The van der Waals surface area contributed by atoms with E-state index in [-0.39, 0.29) is 18.0 Å². The second-order valence-electron chi connectivity index (χ2n) is 9.28. The molecular formula is C26H33N3O2. The number of piperidine rings is 2. The molecule has 0 radical (unpaired) electrons. The normalized spacial score (nSPS) is 26.2. The van der Waals surface area contributed by atoms with Gasteiger partial charge in [0.2, 0.25) is 0 Å². The standard InChI is InChI=1S/C26H33N3O2/c1-17(18-7-4-3-5-8-18)28-26(30)25-23(31-2)11-10-19-12-14-29-16-20-9-6-13-27-21(20)15-22(29)24(19)25/h3-5,7-8,10-11,17,20-22,27H,6,9,12-16H2,1-2H3,(H,28,30)/t17?,20-,21+,22+/m1/s1. The average Bonchev–Trinajstić information content (AvgIpc) is 2.82. The van der Waals surface area contributed by atoms with Gasteiger partial charge in [0.15, 0.2) is 0 Å². The zero-order valence-corrected chi connectivity index (χ0v) is 18.6. The van der Waals surface area contributed by atoms with Crippen molar-refractivity contribution in [2.24, 2.45) is 5.92 Å². The van der Waals surface area contributed by atoms with Crippen molar-refractivity contribution in [3.63, 3.8) is 0 Å². The van der Waals surface area contributed by atoms with E-state index in [0.29, 0.717) is 11.8 Å². The van der Waals surface area contributed by atoms with Crippen LogP contribution in [0.3, 0.4) is 0 Å². The van der Waals surface area contributed by atoms with E-state index in [4.69, 9.17) is 4.74 Å². The third kappa shape index (κ3) is 3.85. The maximum Gasteiger partial charge on any atom is 0.255 e. The van der Waals surface area contributed by atoms with Crippen LogP contribution in [0.4, 0.5) is 0 Å². The average molecular weight is 420 g/mol. The molecule has 0 bridgehead atoms. The zero-order chi connectivity index (χ0) is 21.4. The Morgan fingerprint density at radius 2 is 2.06 bits per heavy atom. The molecule has 2 saturated heterocycles. The van der Waals surface area contributed by atoms with Gasteiger partial charge in [0.1, 0.15) is 5.75 Å². The van der Waals surface area contributed by atoms with Crippen LogP contribution in [0.1, 0.15) is 65.3 Å². The van der Waals surface area contributed by atoms with Crippen LogP contribution in [-0.2, 0) is 6.42 Å². The number of nitrogens with zero attached hydrogens (tertiary/aromatic N) is 1. The first kappa shape index (κ1) is 20.5. The van der Waals surface area contributed by atoms with Crippen LogP contribution in [0, 0.1) is 5.92 Å². The summed E-state index contributed by atoms with van der Waals surface area (Å²) >= 11 is 0. The molecule has 0 aromatic heterocycles. The fourth-order valence-corrected chi connectivity index (χ4v) is 5.88. The lowest BCUT2D eigenvalue weighted by atomic mass is 9.76. The Balaban J connectivity index is 1.49. The monoisotopic (exact) mass is 419 g/mol. The molecule has 164 valence electrons. The van der Waals surface area contributed by atoms with Gasteiger partial charge in [0.05, 0.1) is 18.7 Å². The van der Waals surface area contributed by atoms with Crippen molar-refractivity contribution in [2.75, 3.05) is 26.7 Å². The highest BCUT2D eigenvalue weighted by atomic mass is 16.5. The molecule has 0 spiro atoms. The highest BCUT2D eigenvalue weighted by Crippen LogP contribution is 2.44. The number of rotatable bonds is 4. The van der Waals surface area contributed by atoms with Crippen molar-refractivity contribution in [3.8, 4) is 5.75 Å². The fourth-order valence-electron chi connectivity index (χ4n) is 5.88. The summed E-state index contributed by atoms with van der Waals surface area (Å²) in [6.45, 7) is 5.36. The lowest BCUT2D eigenvalue weighted by Crippen LogP contribution is -2.55. The van der Waals surface area contributed by atoms with E-state index in [1.54, 1.807) is 7.11 Å². The number of benzene rings is 2. The Morgan fingerprint density at radius 3 is 2.87 bits per heavy atom. The predicted molar refractivity (Wildman–Crippen MR) is 122 cm³/mol. The molecule has 0 saturated carbocycles. The van der Waals surface area contributed by atoms with Crippen molar-refractivity contribution in [2.45, 2.75) is 50.7 Å². The molecular weight excluding hydrogens is 386 g/mol. The smallest absolute Gasteiger partial charge is 0.255 e. The minimum Gasteiger partial charge on any atom is -0.496 e. The maximum absolute atomic E-state index is 13.6. The number of ether oxygens (including phenoxy) is 1. The van der Waals surface area contributed by atoms with Gasteiger partial charge in [-0.25, -0.2) is 0 Å². The second-order valence-corrected chi connectivity index (χ2v) is 9.28. The van der Waals surface area contributed by atoms with E-state index < -0.39 is 0 Å². The summed E-state index contributed by atoms with van der Waals surface area (Å²) in [5, 5.41) is 6.99. The number of fused-ring (bicyclic) bond motifs is 4. The van der Waals surface area contributed by atoms with Gasteiger partial charge in [-0.05, 0) is 67.8 Å². The minimum absolute atomic E-state index is 0.0365. The molecule has 1 amide bonds. The number of carbonyl (C=O) groups is 1. The van der Waals surface area contributed by atoms with Crippen LogP contribution in [0.5, 0.6) is 5.75 Å². The van der Waals surface area contributed by atoms with Crippen molar-refractivity contribution >= 4 is 5.91 Å². The first-order valence-electron chi connectivity index (χ1n) is 11.7. The Kier molecular flexibility index (Phi) is 5.72. The van der Waals surface area contributed by atoms with Crippen LogP contribution in [0.2, 0.25) is 0 Å². The SMILES string of the molecule is COc1ccc2c(c1C(=O)NC(C)c1ccccc1)[C@@H]1C[C@@H]3NCCC[C@@H]3CN1CC2. The third-order valence-electron chi connectivity index (χ3n) is 7.51. The Morgan fingerprint density at radius 1 is 1.23 bits per heavy atom. The van der Waals surface area contributed by atoms with Crippen molar-refractivity contribution in [3.05, 3.63) is 64.7 Å². The molecule has 2 fully saturated rings. The number of amides is 1. The van der Waals surface area contributed by atoms with E-state index in [9.17, 15) is 4.79 Å². The van der Waals surface area contributed by atoms with Gasteiger partial charge in [0, 0.05) is 25.2 Å². The molecule has 2 aromatic rings. The molecule has 31 heavy (non-hydrogen) atoms. The van der Waals surface area contributed by atoms with Crippen molar-refractivity contribution < 1.29 is 9.53 Å². The quantitative estimate of drug-likeness (QED) is 0.790. The topological polar surface area (TPSA) is 53.6 Å². The van der Waals surface area contributed by atoms with E-state index in [2.05, 4.69) is 33.7 Å². The summed E-state index contributed by atoms with van der Waals surface area (Å²) < 4.78 is 5.71. The molecule has 2 aromatic carbocycles. The van der Waals surface area contributed by atoms with Crippen LogP contribution in [-0.4, -0.2) is 43.6 Å². The molecule has 0 aliphatic carbocycles. The summed E-state index contributed by atoms with van der Waals surface area (Å²) in [5.74, 6) is 1.37. The van der Waals surface area contributed by atoms with Crippen LogP contribution < -0.4 is 15.4 Å². The van der Waals surface area contributed by atoms with Crippen LogP contribution in [0.25, 0.3) is 0 Å². The number of methoxy groups -OCH3 is 1. The minimum atomic E-state index is -0.0651. The summed E-state index contributed by atoms with van der Waals surface area (Å²) in [7, 11) is 1.67. The fraction of sp³-hybridized carbons (Fsp3) is 0.500. The highest BCUT2D eigenvalue weighted by Gasteiger charge is 2.41. The largest absolute Gasteiger partial charge is 0.496 e. The molecule has 3 aliphatic heterocycles.